The fourth-order valence-corrected chi connectivity index (χ4v) is 9.48. The van der Waals surface area contributed by atoms with Crippen molar-refractivity contribution in [1.82, 2.24) is 5.32 Å². The minimum Gasteiger partial charge on any atom is -0.748 e. The van der Waals surface area contributed by atoms with Crippen molar-refractivity contribution in [2.24, 2.45) is 46.3 Å². The maximum atomic E-state index is 12.2. The van der Waals surface area contributed by atoms with E-state index in [1.165, 1.54) is 12.8 Å². The van der Waals surface area contributed by atoms with E-state index in [1.807, 2.05) is 0 Å². The molecule has 204 valence electrons. The topological polar surface area (TPSA) is 158 Å². The van der Waals surface area contributed by atoms with Gasteiger partial charge in [0.1, 0.15) is 0 Å². The molecule has 5 N–H and O–H groups in total. The molecule has 0 aromatic rings. The van der Waals surface area contributed by atoms with Crippen LogP contribution < -0.4 is 34.9 Å². The summed E-state index contributed by atoms with van der Waals surface area (Å²) in [6.07, 6.45) is 8.85. The fourth-order valence-electron chi connectivity index (χ4n) is 9.12. The normalized spacial score (nSPS) is 42.6. The van der Waals surface area contributed by atoms with Crippen molar-refractivity contribution in [1.29, 1.82) is 0 Å². The van der Waals surface area contributed by atoms with E-state index in [2.05, 4.69) is 26.1 Å². The van der Waals surface area contributed by atoms with Crippen LogP contribution in [0.3, 0.4) is 0 Å². The summed E-state index contributed by atoms with van der Waals surface area (Å²) in [5, 5.41) is 24.4. The molecule has 8 nitrogen and oxygen atoms in total. The van der Waals surface area contributed by atoms with Gasteiger partial charge < -0.3 is 25.6 Å². The zero-order valence-electron chi connectivity index (χ0n) is 22.5. The number of aliphatic hydroxyl groups excluding tert-OH is 2. The summed E-state index contributed by atoms with van der Waals surface area (Å²) in [5.41, 5.74) is 0.0922. The van der Waals surface area contributed by atoms with E-state index in [9.17, 15) is 28.0 Å². The van der Waals surface area contributed by atoms with E-state index in [0.29, 0.717) is 42.4 Å². The molecule has 4 rings (SSSR count). The quantitative estimate of drug-likeness (QED) is 0.285. The van der Waals surface area contributed by atoms with Crippen LogP contribution in [-0.4, -0.2) is 59.1 Å². The summed E-state index contributed by atoms with van der Waals surface area (Å²) < 4.78 is 32.2. The first-order valence-electron chi connectivity index (χ1n) is 13.4. The first-order valence-corrected chi connectivity index (χ1v) is 15.0. The van der Waals surface area contributed by atoms with Gasteiger partial charge in [-0.25, -0.2) is 8.42 Å². The number of nitrogens with one attached hydrogen (secondary N) is 1. The number of fused-ring (bicyclic) bond motifs is 5. The maximum Gasteiger partial charge on any atom is 1.00 e. The zero-order valence-corrected chi connectivity index (χ0v) is 25.4. The molecule has 0 aromatic heterocycles. The molecule has 0 aromatic carbocycles. The number of hydrogen-bond acceptors (Lipinski definition) is 6. The Balaban J connectivity index is 0.00000228. The first-order chi connectivity index (χ1) is 15.9. The van der Waals surface area contributed by atoms with Crippen LogP contribution in [0.15, 0.2) is 0 Å². The van der Waals surface area contributed by atoms with Gasteiger partial charge in [-0.05, 0) is 104 Å². The SMILES string of the molecule is C[C@H](CCC(=O)NCCS(=O)(=O)[O-])[C@H]1CC[C@H]2[C@@H]3CC[C@@H]4C[C@H](O)CCC4(C)[C@H]3C[C@H](O)C12C.O.[Na+]. The second kappa shape index (κ2) is 12.2. The number of amides is 1. The van der Waals surface area contributed by atoms with Gasteiger partial charge in [0.15, 0.2) is 0 Å². The van der Waals surface area contributed by atoms with E-state index < -0.39 is 15.9 Å². The monoisotopic (exact) mass is 539 g/mol. The summed E-state index contributed by atoms with van der Waals surface area (Å²) in [6.45, 7) is 6.78. The maximum absolute atomic E-state index is 12.2. The summed E-state index contributed by atoms with van der Waals surface area (Å²) in [4.78, 5) is 12.2. The molecule has 0 spiro atoms. The van der Waals surface area contributed by atoms with Crippen molar-refractivity contribution < 1.29 is 63.0 Å². The molecular weight excluding hydrogens is 493 g/mol. The molecule has 4 fully saturated rings. The second-order valence-electron chi connectivity index (χ2n) is 12.5. The van der Waals surface area contributed by atoms with E-state index in [1.54, 1.807) is 0 Å². The van der Waals surface area contributed by atoms with Gasteiger partial charge in [0.2, 0.25) is 5.91 Å². The van der Waals surface area contributed by atoms with Crippen LogP contribution >= 0.6 is 0 Å². The molecule has 4 aliphatic rings. The molecule has 0 saturated heterocycles. The number of carbonyl (C=O) groups excluding carboxylic acids is 1. The minimum atomic E-state index is -4.32. The van der Waals surface area contributed by atoms with Crippen molar-refractivity contribution in [2.45, 2.75) is 97.2 Å². The van der Waals surface area contributed by atoms with E-state index in [-0.39, 0.29) is 76.4 Å². The number of carbonyl (C=O) groups is 1. The first kappa shape index (κ1) is 32.5. The third-order valence-corrected chi connectivity index (χ3v) is 11.7. The molecule has 4 saturated carbocycles. The third kappa shape index (κ3) is 6.19. The predicted molar refractivity (Wildman–Crippen MR) is 132 cm³/mol. The molecule has 1 amide bonds. The Morgan fingerprint density at radius 2 is 1.78 bits per heavy atom. The largest absolute Gasteiger partial charge is 1.00 e. The van der Waals surface area contributed by atoms with Crippen molar-refractivity contribution in [3.8, 4) is 0 Å². The standard InChI is InChI=1S/C26H45NO6S.Na.H2O/c1-16(4-9-24(30)27-12-13-34(31,32)33)20-7-8-21-19-6-5-17-14-18(28)10-11-25(17,2)22(19)15-23(29)26(20,21)3;;/h16-23,28-29H,4-15H2,1-3H3,(H,27,30)(H,31,32,33);;1H2/q;+1;/p-1/t16-,17-,18-,19+,20-,21+,22+,23+,25?,26?;;/m1../s1. The number of hydrogen-bond donors (Lipinski definition) is 3. The zero-order chi connectivity index (χ0) is 24.9. The minimum absolute atomic E-state index is 0. The molecule has 10 atom stereocenters. The van der Waals surface area contributed by atoms with E-state index in [4.69, 9.17) is 0 Å². The number of rotatable bonds is 7. The fraction of sp³-hybridized carbons (Fsp3) is 0.962. The summed E-state index contributed by atoms with van der Waals surface area (Å²) in [6, 6.07) is 0. The molecule has 0 heterocycles. The van der Waals surface area contributed by atoms with Gasteiger partial charge >= 0.3 is 29.6 Å². The Labute approximate surface area is 239 Å². The second-order valence-corrected chi connectivity index (χ2v) is 14.0. The molecule has 36 heavy (non-hydrogen) atoms. The predicted octanol–water partition coefficient (Wildman–Crippen LogP) is -0.766. The summed E-state index contributed by atoms with van der Waals surface area (Å²) in [5.74, 6) is 2.10. The molecule has 0 bridgehead atoms. The van der Waals surface area contributed by atoms with Gasteiger partial charge in [-0.3, -0.25) is 4.79 Å². The van der Waals surface area contributed by atoms with E-state index >= 15 is 0 Å². The van der Waals surface area contributed by atoms with Crippen LogP contribution in [0.4, 0.5) is 0 Å². The van der Waals surface area contributed by atoms with E-state index in [0.717, 1.165) is 38.5 Å². The Bertz CT molecular complexity index is 872. The van der Waals surface area contributed by atoms with Gasteiger partial charge in [-0.15, -0.1) is 0 Å². The molecule has 0 aliphatic heterocycles. The number of aliphatic hydroxyl groups is 2. The van der Waals surface area contributed by atoms with Gasteiger partial charge in [-0.2, -0.15) is 0 Å². The molecular formula is C26H46NNaO7S. The summed E-state index contributed by atoms with van der Waals surface area (Å²) >= 11 is 0. The van der Waals surface area contributed by atoms with Crippen LogP contribution in [0.1, 0.15) is 85.0 Å². The molecule has 10 heteroatoms. The van der Waals surface area contributed by atoms with Crippen molar-refractivity contribution in [2.75, 3.05) is 12.3 Å². The Morgan fingerprint density at radius 1 is 1.08 bits per heavy atom. The molecule has 4 aliphatic carbocycles. The van der Waals surface area contributed by atoms with Crippen LogP contribution in [0.25, 0.3) is 0 Å². The van der Waals surface area contributed by atoms with Gasteiger partial charge in [0.25, 0.3) is 0 Å². The van der Waals surface area contributed by atoms with Crippen LogP contribution in [0.5, 0.6) is 0 Å². The van der Waals surface area contributed by atoms with Crippen LogP contribution in [0.2, 0.25) is 0 Å². The molecule has 0 radical (unpaired) electrons. The summed E-state index contributed by atoms with van der Waals surface area (Å²) in [7, 11) is -4.32. The Hall–Kier alpha value is 0.260. The van der Waals surface area contributed by atoms with Gasteiger partial charge in [0, 0.05) is 13.0 Å². The third-order valence-electron chi connectivity index (χ3n) is 11.0. The van der Waals surface area contributed by atoms with Gasteiger partial charge in [0.05, 0.1) is 28.1 Å². The van der Waals surface area contributed by atoms with Crippen molar-refractivity contribution in [3.63, 3.8) is 0 Å². The smallest absolute Gasteiger partial charge is 0.748 e. The Kier molecular flexibility index (Phi) is 11.0. The Morgan fingerprint density at radius 3 is 2.44 bits per heavy atom. The van der Waals surface area contributed by atoms with Crippen molar-refractivity contribution in [3.05, 3.63) is 0 Å². The van der Waals surface area contributed by atoms with Crippen LogP contribution in [0, 0.1) is 46.3 Å². The molecule has 2 unspecified atom stereocenters. The van der Waals surface area contributed by atoms with Gasteiger partial charge in [-0.1, -0.05) is 20.8 Å². The average Bonchev–Trinajstić information content (AvgIpc) is 3.11. The van der Waals surface area contributed by atoms with Crippen molar-refractivity contribution >= 4 is 16.0 Å². The average molecular weight is 540 g/mol. The van der Waals surface area contributed by atoms with Crippen LogP contribution in [-0.2, 0) is 14.9 Å².